The maximum Gasteiger partial charge on any atom is 0.221 e. The number of nitrogens with two attached hydrogens (primary N) is 1. The van der Waals surface area contributed by atoms with Gasteiger partial charge in [-0.15, -0.1) is 0 Å². The van der Waals surface area contributed by atoms with Crippen molar-refractivity contribution in [1.82, 2.24) is 9.97 Å². The second kappa shape index (κ2) is 5.85. The fourth-order valence-electron chi connectivity index (χ4n) is 2.00. The first-order valence-electron chi connectivity index (χ1n) is 6.13. The van der Waals surface area contributed by atoms with E-state index in [2.05, 4.69) is 15.3 Å². The third-order valence-corrected chi connectivity index (χ3v) is 2.83. The maximum atomic E-state index is 8.57. The minimum atomic E-state index is 0.235. The Hall–Kier alpha value is -2.87. The number of allylic oxidation sites excluding steroid dienone is 1. The summed E-state index contributed by atoms with van der Waals surface area (Å²) >= 11 is 0. The van der Waals surface area contributed by atoms with Gasteiger partial charge >= 0.3 is 0 Å². The van der Waals surface area contributed by atoms with E-state index in [1.54, 1.807) is 18.3 Å². The van der Waals surface area contributed by atoms with Crippen molar-refractivity contribution in [2.45, 2.75) is 13.8 Å². The minimum Gasteiger partial charge on any atom is -0.368 e. The highest BCUT2D eigenvalue weighted by Gasteiger charge is 2.05. The van der Waals surface area contributed by atoms with Gasteiger partial charge in [-0.2, -0.15) is 10.2 Å². The zero-order valence-electron chi connectivity index (χ0n) is 11.4. The van der Waals surface area contributed by atoms with Gasteiger partial charge < -0.3 is 11.1 Å². The zero-order valence-corrected chi connectivity index (χ0v) is 11.4. The van der Waals surface area contributed by atoms with E-state index in [1.165, 1.54) is 6.08 Å². The van der Waals surface area contributed by atoms with Crippen molar-refractivity contribution in [3.05, 3.63) is 47.2 Å². The van der Waals surface area contributed by atoms with Crippen LogP contribution in [0.1, 0.15) is 16.7 Å². The molecule has 1 aromatic carbocycles. The third-order valence-electron chi connectivity index (χ3n) is 2.83. The molecule has 0 amide bonds. The van der Waals surface area contributed by atoms with Crippen LogP contribution in [0, 0.1) is 25.2 Å². The standard InChI is InChI=1S/C15H15N5/c1-10-8-12(4-3-6-16)9-11(2)14(10)19-13-5-7-18-15(17)20-13/h3-5,7-9H,1-2H3,(H3,17,18,19,20). The smallest absolute Gasteiger partial charge is 0.221 e. The van der Waals surface area contributed by atoms with E-state index in [0.29, 0.717) is 5.82 Å². The average Bonchev–Trinajstić information content (AvgIpc) is 2.40. The Balaban J connectivity index is 2.34. The van der Waals surface area contributed by atoms with Gasteiger partial charge in [-0.3, -0.25) is 0 Å². The summed E-state index contributed by atoms with van der Waals surface area (Å²) in [6.45, 7) is 4.01. The van der Waals surface area contributed by atoms with Gasteiger partial charge in [-0.05, 0) is 54.8 Å². The summed E-state index contributed by atoms with van der Waals surface area (Å²) < 4.78 is 0. The number of nitriles is 1. The molecule has 5 heteroatoms. The Kier molecular flexibility index (Phi) is 3.96. The Morgan fingerprint density at radius 3 is 2.60 bits per heavy atom. The van der Waals surface area contributed by atoms with E-state index in [9.17, 15) is 0 Å². The van der Waals surface area contributed by atoms with Gasteiger partial charge in [0.15, 0.2) is 0 Å². The molecule has 0 unspecified atom stereocenters. The minimum absolute atomic E-state index is 0.235. The molecule has 5 nitrogen and oxygen atoms in total. The Labute approximate surface area is 117 Å². The van der Waals surface area contributed by atoms with E-state index in [0.717, 1.165) is 22.4 Å². The van der Waals surface area contributed by atoms with Crippen molar-refractivity contribution in [3.8, 4) is 6.07 Å². The summed E-state index contributed by atoms with van der Waals surface area (Å²) in [4.78, 5) is 7.98. The number of aryl methyl sites for hydroxylation is 2. The van der Waals surface area contributed by atoms with Gasteiger partial charge in [0.2, 0.25) is 5.95 Å². The first-order chi connectivity index (χ1) is 9.60. The van der Waals surface area contributed by atoms with Crippen LogP contribution >= 0.6 is 0 Å². The van der Waals surface area contributed by atoms with E-state index >= 15 is 0 Å². The lowest BCUT2D eigenvalue weighted by Gasteiger charge is -2.13. The molecule has 1 heterocycles. The van der Waals surface area contributed by atoms with Crippen LogP contribution < -0.4 is 11.1 Å². The number of hydrogen-bond acceptors (Lipinski definition) is 5. The first-order valence-corrected chi connectivity index (χ1v) is 6.13. The molecule has 20 heavy (non-hydrogen) atoms. The molecular formula is C15H15N5. The van der Waals surface area contributed by atoms with E-state index in [4.69, 9.17) is 11.0 Å². The van der Waals surface area contributed by atoms with Crippen LogP contribution in [0.2, 0.25) is 0 Å². The second-order valence-corrected chi connectivity index (χ2v) is 4.42. The lowest BCUT2D eigenvalue weighted by molar-refractivity contribution is 1.18. The van der Waals surface area contributed by atoms with Crippen LogP contribution in [0.4, 0.5) is 17.5 Å². The summed E-state index contributed by atoms with van der Waals surface area (Å²) in [5.74, 6) is 0.892. The SMILES string of the molecule is Cc1cc(C=CC#N)cc(C)c1Nc1ccnc(N)n1. The second-order valence-electron chi connectivity index (χ2n) is 4.42. The molecule has 0 saturated carbocycles. The van der Waals surface area contributed by atoms with E-state index < -0.39 is 0 Å². The summed E-state index contributed by atoms with van der Waals surface area (Å²) in [6, 6.07) is 7.77. The molecule has 3 N–H and O–H groups in total. The number of hydrogen-bond donors (Lipinski definition) is 2. The molecule has 0 fully saturated rings. The molecule has 0 spiro atoms. The van der Waals surface area contributed by atoms with Crippen LogP contribution in [0.5, 0.6) is 0 Å². The van der Waals surface area contributed by atoms with Gasteiger partial charge in [0.25, 0.3) is 0 Å². The van der Waals surface area contributed by atoms with Crippen LogP contribution in [0.3, 0.4) is 0 Å². The number of nitrogen functional groups attached to an aromatic ring is 1. The lowest BCUT2D eigenvalue weighted by atomic mass is 10.0. The van der Waals surface area contributed by atoms with Crippen LogP contribution in [0.25, 0.3) is 6.08 Å². The number of nitrogens with one attached hydrogen (secondary N) is 1. The number of anilines is 3. The van der Waals surface area contributed by atoms with Gasteiger partial charge in [0.05, 0.1) is 6.07 Å². The molecule has 0 bridgehead atoms. The van der Waals surface area contributed by atoms with Crippen molar-refractivity contribution in [2.75, 3.05) is 11.1 Å². The molecule has 0 aliphatic carbocycles. The van der Waals surface area contributed by atoms with Crippen molar-refractivity contribution in [3.63, 3.8) is 0 Å². The molecule has 1 aromatic heterocycles. The van der Waals surface area contributed by atoms with Crippen molar-refractivity contribution in [1.29, 1.82) is 5.26 Å². The largest absolute Gasteiger partial charge is 0.368 e. The first kappa shape index (κ1) is 13.6. The Bertz CT molecular complexity index is 675. The van der Waals surface area contributed by atoms with Crippen LogP contribution in [-0.4, -0.2) is 9.97 Å². The number of aromatic nitrogens is 2. The summed E-state index contributed by atoms with van der Waals surface area (Å²) in [5, 5.41) is 11.8. The predicted molar refractivity (Wildman–Crippen MR) is 80.3 cm³/mol. The molecular weight excluding hydrogens is 250 g/mol. The van der Waals surface area contributed by atoms with Crippen molar-refractivity contribution in [2.24, 2.45) is 0 Å². The highest BCUT2D eigenvalue weighted by atomic mass is 15.1. The average molecular weight is 265 g/mol. The topological polar surface area (TPSA) is 87.6 Å². The number of benzene rings is 1. The fourth-order valence-corrected chi connectivity index (χ4v) is 2.00. The Morgan fingerprint density at radius 1 is 1.30 bits per heavy atom. The van der Waals surface area contributed by atoms with E-state index in [-0.39, 0.29) is 5.95 Å². The van der Waals surface area contributed by atoms with Gasteiger partial charge in [0, 0.05) is 18.0 Å². The monoisotopic (exact) mass is 265 g/mol. The summed E-state index contributed by atoms with van der Waals surface area (Å²) in [6.07, 6.45) is 4.86. The maximum absolute atomic E-state index is 8.57. The van der Waals surface area contributed by atoms with Gasteiger partial charge in [-0.25, -0.2) is 4.98 Å². The Morgan fingerprint density at radius 2 is 2.00 bits per heavy atom. The van der Waals surface area contributed by atoms with Crippen LogP contribution in [-0.2, 0) is 0 Å². The highest BCUT2D eigenvalue weighted by Crippen LogP contribution is 2.25. The molecule has 0 radical (unpaired) electrons. The normalized spacial score (nSPS) is 10.4. The molecule has 0 aliphatic heterocycles. The predicted octanol–water partition coefficient (Wildman–Crippen LogP) is 2.96. The summed E-state index contributed by atoms with van der Waals surface area (Å²) in [5.41, 5.74) is 9.68. The molecule has 100 valence electrons. The third kappa shape index (κ3) is 3.12. The summed E-state index contributed by atoms with van der Waals surface area (Å²) in [7, 11) is 0. The molecule has 2 rings (SSSR count). The number of nitrogens with zero attached hydrogens (tertiary/aromatic N) is 3. The van der Waals surface area contributed by atoms with Crippen molar-refractivity contribution >= 4 is 23.5 Å². The van der Waals surface area contributed by atoms with Crippen molar-refractivity contribution < 1.29 is 0 Å². The lowest BCUT2D eigenvalue weighted by Crippen LogP contribution is -2.01. The quantitative estimate of drug-likeness (QED) is 0.833. The van der Waals surface area contributed by atoms with Gasteiger partial charge in [0.1, 0.15) is 5.82 Å². The fraction of sp³-hybridized carbons (Fsp3) is 0.133. The van der Waals surface area contributed by atoms with E-state index in [1.807, 2.05) is 32.0 Å². The molecule has 0 saturated heterocycles. The zero-order chi connectivity index (χ0) is 14.5. The number of rotatable bonds is 3. The molecule has 0 atom stereocenters. The van der Waals surface area contributed by atoms with Gasteiger partial charge in [-0.1, -0.05) is 0 Å². The highest BCUT2D eigenvalue weighted by molar-refractivity contribution is 5.68. The molecule has 0 aliphatic rings. The van der Waals surface area contributed by atoms with Crippen LogP contribution in [0.15, 0.2) is 30.5 Å². The molecule has 2 aromatic rings.